The third kappa shape index (κ3) is 5.03. The summed E-state index contributed by atoms with van der Waals surface area (Å²) in [7, 11) is -0.806. The Morgan fingerprint density at radius 3 is 1.71 bits per heavy atom. The van der Waals surface area contributed by atoms with E-state index in [0.29, 0.717) is 0 Å². The maximum absolute atomic E-state index is 6.25. The zero-order chi connectivity index (χ0) is 23.2. The number of benzene rings is 5. The Hall–Kier alpha value is -3.87. The van der Waals surface area contributed by atoms with Gasteiger partial charge in [0.25, 0.3) is 0 Å². The topological polar surface area (TPSA) is 21.3 Å². The van der Waals surface area contributed by atoms with E-state index in [4.69, 9.17) is 4.74 Å². The van der Waals surface area contributed by atoms with E-state index in [2.05, 4.69) is 109 Å². The van der Waals surface area contributed by atoms with Crippen LogP contribution in [0.25, 0.3) is 0 Å². The molecule has 0 bridgehead atoms. The maximum Gasteiger partial charge on any atom is 0.128 e. The van der Waals surface area contributed by atoms with Gasteiger partial charge in [0.1, 0.15) is 11.5 Å². The standard InChI is InChI=1S/C31H26NOP/c1-24-13-11-12-20-29(24)32-30-22-21-26(33-25-14-5-2-6-15-25)23-31(30)34(27-16-7-3-8-17-27)28-18-9-4-10-19-28/h2-23,32H,1H3. The number of nitrogens with one attached hydrogen (secondary N) is 1. The Labute approximate surface area is 202 Å². The van der Waals surface area contributed by atoms with Crippen LogP contribution in [0.1, 0.15) is 5.56 Å². The Morgan fingerprint density at radius 2 is 1.09 bits per heavy atom. The van der Waals surface area contributed by atoms with Gasteiger partial charge in [-0.05, 0) is 67.4 Å². The molecule has 0 aliphatic heterocycles. The molecule has 0 spiro atoms. The highest BCUT2D eigenvalue weighted by Crippen LogP contribution is 2.38. The highest BCUT2D eigenvalue weighted by atomic mass is 31.1. The van der Waals surface area contributed by atoms with E-state index >= 15 is 0 Å². The molecule has 2 nitrogen and oxygen atoms in total. The molecule has 5 aromatic carbocycles. The first-order chi connectivity index (χ1) is 16.8. The second-order valence-electron chi connectivity index (χ2n) is 8.04. The Bertz CT molecular complexity index is 1320. The van der Waals surface area contributed by atoms with Gasteiger partial charge >= 0.3 is 0 Å². The van der Waals surface area contributed by atoms with Gasteiger partial charge in [-0.25, -0.2) is 0 Å². The van der Waals surface area contributed by atoms with E-state index < -0.39 is 7.92 Å². The van der Waals surface area contributed by atoms with Gasteiger partial charge in [0, 0.05) is 16.7 Å². The molecule has 0 fully saturated rings. The fourth-order valence-corrected chi connectivity index (χ4v) is 6.35. The average Bonchev–Trinajstić information content (AvgIpc) is 2.89. The van der Waals surface area contributed by atoms with Gasteiger partial charge in [-0.3, -0.25) is 0 Å². The van der Waals surface area contributed by atoms with Crippen molar-refractivity contribution in [3.05, 3.63) is 139 Å². The summed E-state index contributed by atoms with van der Waals surface area (Å²) >= 11 is 0. The quantitative estimate of drug-likeness (QED) is 0.258. The smallest absolute Gasteiger partial charge is 0.128 e. The molecule has 0 saturated carbocycles. The lowest BCUT2D eigenvalue weighted by Gasteiger charge is -2.24. The van der Waals surface area contributed by atoms with Crippen molar-refractivity contribution in [2.24, 2.45) is 0 Å². The molecule has 0 saturated heterocycles. The molecule has 0 amide bonds. The van der Waals surface area contributed by atoms with Gasteiger partial charge in [0.15, 0.2) is 0 Å². The maximum atomic E-state index is 6.25. The van der Waals surface area contributed by atoms with Crippen LogP contribution in [0.5, 0.6) is 11.5 Å². The van der Waals surface area contributed by atoms with Gasteiger partial charge in [-0.15, -0.1) is 0 Å². The van der Waals surface area contributed by atoms with Gasteiger partial charge < -0.3 is 10.1 Å². The first-order valence-electron chi connectivity index (χ1n) is 11.4. The third-order valence-corrected chi connectivity index (χ3v) is 8.11. The highest BCUT2D eigenvalue weighted by molar-refractivity contribution is 7.80. The van der Waals surface area contributed by atoms with Gasteiger partial charge in [-0.2, -0.15) is 0 Å². The van der Waals surface area contributed by atoms with Crippen LogP contribution in [0.2, 0.25) is 0 Å². The summed E-state index contributed by atoms with van der Waals surface area (Å²) in [5.41, 5.74) is 3.41. The number of rotatable bonds is 7. The number of aryl methyl sites for hydroxylation is 1. The average molecular weight is 460 g/mol. The molecule has 3 heteroatoms. The number of ether oxygens (including phenoxy) is 1. The predicted molar refractivity (Wildman–Crippen MR) is 146 cm³/mol. The van der Waals surface area contributed by atoms with E-state index in [1.165, 1.54) is 21.5 Å². The van der Waals surface area contributed by atoms with Crippen molar-refractivity contribution in [3.63, 3.8) is 0 Å². The second kappa shape index (κ2) is 10.4. The summed E-state index contributed by atoms with van der Waals surface area (Å²) in [6, 6.07) is 46.2. The monoisotopic (exact) mass is 459 g/mol. The summed E-state index contributed by atoms with van der Waals surface area (Å²) < 4.78 is 6.25. The van der Waals surface area contributed by atoms with E-state index in [1.807, 2.05) is 36.4 Å². The molecule has 166 valence electrons. The number of anilines is 2. The SMILES string of the molecule is Cc1ccccc1Nc1ccc(Oc2ccccc2)cc1P(c1ccccc1)c1ccccc1. The van der Waals surface area contributed by atoms with E-state index in [0.717, 1.165) is 22.9 Å². The minimum absolute atomic E-state index is 0.806. The van der Waals surface area contributed by atoms with Gasteiger partial charge in [-0.1, -0.05) is 97.1 Å². The van der Waals surface area contributed by atoms with E-state index in [1.54, 1.807) is 0 Å². The first kappa shape index (κ1) is 21.9. The summed E-state index contributed by atoms with van der Waals surface area (Å²) in [5, 5.41) is 7.54. The van der Waals surface area contributed by atoms with Crippen LogP contribution in [0.4, 0.5) is 11.4 Å². The second-order valence-corrected chi connectivity index (χ2v) is 10.2. The molecule has 5 rings (SSSR count). The lowest BCUT2D eigenvalue weighted by atomic mass is 10.2. The molecular weight excluding hydrogens is 433 g/mol. The highest BCUT2D eigenvalue weighted by Gasteiger charge is 2.21. The number of hydrogen-bond acceptors (Lipinski definition) is 2. The van der Waals surface area contributed by atoms with Crippen molar-refractivity contribution < 1.29 is 4.74 Å². The largest absolute Gasteiger partial charge is 0.457 e. The van der Waals surface area contributed by atoms with Crippen LogP contribution in [0.3, 0.4) is 0 Å². The Kier molecular flexibility index (Phi) is 6.70. The molecule has 0 radical (unpaired) electrons. The van der Waals surface area contributed by atoms with Crippen molar-refractivity contribution in [3.8, 4) is 11.5 Å². The van der Waals surface area contributed by atoms with Crippen molar-refractivity contribution in [1.82, 2.24) is 0 Å². The molecule has 0 unspecified atom stereocenters. The summed E-state index contributed by atoms with van der Waals surface area (Å²) in [5.74, 6) is 1.66. The number of hydrogen-bond donors (Lipinski definition) is 1. The van der Waals surface area contributed by atoms with Crippen molar-refractivity contribution in [2.75, 3.05) is 5.32 Å². The lowest BCUT2D eigenvalue weighted by molar-refractivity contribution is 0.483. The molecule has 0 aliphatic rings. The minimum Gasteiger partial charge on any atom is -0.457 e. The zero-order valence-electron chi connectivity index (χ0n) is 19.1. The van der Waals surface area contributed by atoms with Crippen molar-refractivity contribution >= 4 is 35.2 Å². The van der Waals surface area contributed by atoms with Crippen LogP contribution in [-0.4, -0.2) is 0 Å². The van der Waals surface area contributed by atoms with E-state index in [9.17, 15) is 0 Å². The molecule has 0 heterocycles. The van der Waals surface area contributed by atoms with Crippen molar-refractivity contribution in [1.29, 1.82) is 0 Å². The minimum atomic E-state index is -0.806. The van der Waals surface area contributed by atoms with Crippen LogP contribution in [0, 0.1) is 6.92 Å². The Morgan fingerprint density at radius 1 is 0.529 bits per heavy atom. The summed E-state index contributed by atoms with van der Waals surface area (Å²) in [4.78, 5) is 0. The zero-order valence-corrected chi connectivity index (χ0v) is 20.0. The molecule has 5 aromatic rings. The summed E-state index contributed by atoms with van der Waals surface area (Å²) in [6.07, 6.45) is 0. The van der Waals surface area contributed by atoms with Gasteiger partial charge in [0.2, 0.25) is 0 Å². The third-order valence-electron chi connectivity index (χ3n) is 5.63. The fourth-order valence-electron chi connectivity index (χ4n) is 3.93. The molecule has 1 N–H and O–H groups in total. The Balaban J connectivity index is 1.65. The normalized spacial score (nSPS) is 10.8. The fraction of sp³-hybridized carbons (Fsp3) is 0.0323. The van der Waals surface area contributed by atoms with Crippen LogP contribution in [-0.2, 0) is 0 Å². The molecule has 0 aliphatic carbocycles. The predicted octanol–water partition coefficient (Wildman–Crippen LogP) is 7.29. The summed E-state index contributed by atoms with van der Waals surface area (Å²) in [6.45, 7) is 2.13. The van der Waals surface area contributed by atoms with Crippen LogP contribution in [0.15, 0.2) is 133 Å². The molecule has 0 aromatic heterocycles. The van der Waals surface area contributed by atoms with Crippen molar-refractivity contribution in [2.45, 2.75) is 6.92 Å². The molecular formula is C31H26NOP. The van der Waals surface area contributed by atoms with Crippen LogP contribution >= 0.6 is 7.92 Å². The van der Waals surface area contributed by atoms with Crippen LogP contribution < -0.4 is 26.0 Å². The number of para-hydroxylation sites is 2. The molecule has 0 atom stereocenters. The first-order valence-corrected chi connectivity index (χ1v) is 12.7. The van der Waals surface area contributed by atoms with E-state index in [-0.39, 0.29) is 0 Å². The molecule has 34 heavy (non-hydrogen) atoms. The lowest BCUT2D eigenvalue weighted by Crippen LogP contribution is -2.22. The van der Waals surface area contributed by atoms with Gasteiger partial charge in [0.05, 0.1) is 0 Å².